The van der Waals surface area contributed by atoms with E-state index in [0.717, 1.165) is 12.8 Å². The van der Waals surface area contributed by atoms with E-state index in [2.05, 4.69) is 29.4 Å². The van der Waals surface area contributed by atoms with E-state index in [1.807, 2.05) is 12.1 Å². The van der Waals surface area contributed by atoms with Gasteiger partial charge in [0.25, 0.3) is 5.91 Å². The number of benzene rings is 2. The largest absolute Gasteiger partial charge is 0.298 e. The molecule has 0 atom stereocenters. The van der Waals surface area contributed by atoms with Crippen molar-refractivity contribution in [2.45, 2.75) is 43.5 Å². The zero-order chi connectivity index (χ0) is 18.7. The highest BCUT2D eigenvalue weighted by Crippen LogP contribution is 2.22. The number of nitrogens with one attached hydrogen (secondary N) is 3. The van der Waals surface area contributed by atoms with Gasteiger partial charge >= 0.3 is 0 Å². The number of hydrogen-bond donors (Lipinski definition) is 3. The Morgan fingerprint density at radius 1 is 1.00 bits per heavy atom. The van der Waals surface area contributed by atoms with Crippen LogP contribution in [0.2, 0.25) is 0 Å². The molecule has 26 heavy (non-hydrogen) atoms. The summed E-state index contributed by atoms with van der Waals surface area (Å²) >= 11 is 0. The summed E-state index contributed by atoms with van der Waals surface area (Å²) in [6.45, 7) is 4.20. The first-order valence-corrected chi connectivity index (χ1v) is 10.1. The average Bonchev–Trinajstić information content (AvgIpc) is 3.43. The first-order chi connectivity index (χ1) is 12.3. The quantitative estimate of drug-likeness (QED) is 0.651. The Labute approximate surface area is 154 Å². The second-order valence-electron chi connectivity index (χ2n) is 6.78. The molecule has 0 spiro atoms. The van der Waals surface area contributed by atoms with E-state index in [4.69, 9.17) is 0 Å². The summed E-state index contributed by atoms with van der Waals surface area (Å²) in [5.74, 6) is 0.154. The molecule has 0 radical (unpaired) electrons. The van der Waals surface area contributed by atoms with Crippen molar-refractivity contribution in [3.8, 4) is 0 Å². The highest BCUT2D eigenvalue weighted by atomic mass is 32.2. The molecular weight excluding hydrogens is 350 g/mol. The number of rotatable bonds is 7. The fraction of sp³-hybridized carbons (Fsp3) is 0.316. The topological polar surface area (TPSA) is 87.3 Å². The van der Waals surface area contributed by atoms with Crippen LogP contribution in [0.3, 0.4) is 0 Å². The molecule has 1 saturated carbocycles. The van der Waals surface area contributed by atoms with Crippen molar-refractivity contribution in [2.24, 2.45) is 0 Å². The van der Waals surface area contributed by atoms with Crippen LogP contribution in [0.4, 0.5) is 5.69 Å². The molecular formula is C19H23N3O3S. The molecule has 3 N–H and O–H groups in total. The Kier molecular flexibility index (Phi) is 5.29. The minimum Gasteiger partial charge on any atom is -0.298 e. The summed E-state index contributed by atoms with van der Waals surface area (Å²) in [4.78, 5) is 12.4. The van der Waals surface area contributed by atoms with Gasteiger partial charge in [0.2, 0.25) is 10.0 Å². The summed E-state index contributed by atoms with van der Waals surface area (Å²) in [7, 11) is -3.46. The first-order valence-electron chi connectivity index (χ1n) is 8.64. The molecule has 1 amide bonds. The SMILES string of the molecule is CC(C)c1ccc(C(=O)NNc2ccc(S(=O)(=O)NC3CC3)cc2)cc1. The molecule has 0 heterocycles. The molecule has 138 valence electrons. The maximum Gasteiger partial charge on any atom is 0.269 e. The third-order valence-corrected chi connectivity index (χ3v) is 5.76. The van der Waals surface area contributed by atoms with E-state index in [-0.39, 0.29) is 16.8 Å². The van der Waals surface area contributed by atoms with Gasteiger partial charge in [0.1, 0.15) is 0 Å². The van der Waals surface area contributed by atoms with Gasteiger partial charge < -0.3 is 0 Å². The van der Waals surface area contributed by atoms with Gasteiger partial charge in [-0.05, 0) is 60.7 Å². The molecule has 2 aromatic rings. The number of sulfonamides is 1. The standard InChI is InChI=1S/C19H23N3O3S/c1-13(2)14-3-5-15(6-4-14)19(23)21-20-16-9-11-18(12-10-16)26(24,25)22-17-7-8-17/h3-6,9-13,17,20,22H,7-8H2,1-2H3,(H,21,23). The molecule has 0 aliphatic heterocycles. The average molecular weight is 373 g/mol. The third kappa shape index (κ3) is 4.62. The van der Waals surface area contributed by atoms with Crippen molar-refractivity contribution in [3.63, 3.8) is 0 Å². The number of carbonyl (C=O) groups excluding carboxylic acids is 1. The Hall–Kier alpha value is -2.38. The lowest BCUT2D eigenvalue weighted by Crippen LogP contribution is -2.29. The molecule has 3 rings (SSSR count). The van der Waals surface area contributed by atoms with Crippen LogP contribution in [0.25, 0.3) is 0 Å². The monoisotopic (exact) mass is 373 g/mol. The number of hydrazine groups is 1. The van der Waals surface area contributed by atoms with Gasteiger partial charge in [0.15, 0.2) is 0 Å². The second kappa shape index (κ2) is 7.47. The van der Waals surface area contributed by atoms with Crippen LogP contribution in [0, 0.1) is 0 Å². The van der Waals surface area contributed by atoms with E-state index in [1.165, 1.54) is 17.7 Å². The first kappa shape index (κ1) is 18.4. The lowest BCUT2D eigenvalue weighted by atomic mass is 10.0. The smallest absolute Gasteiger partial charge is 0.269 e. The molecule has 0 bridgehead atoms. The highest BCUT2D eigenvalue weighted by Gasteiger charge is 2.27. The van der Waals surface area contributed by atoms with Crippen molar-refractivity contribution in [2.75, 3.05) is 5.43 Å². The summed E-state index contributed by atoms with van der Waals surface area (Å²) in [6, 6.07) is 13.8. The molecule has 6 nitrogen and oxygen atoms in total. The molecule has 0 aromatic heterocycles. The van der Waals surface area contributed by atoms with Crippen LogP contribution < -0.4 is 15.6 Å². The summed E-state index contributed by atoms with van der Waals surface area (Å²) in [5.41, 5.74) is 7.73. The molecule has 2 aromatic carbocycles. The fourth-order valence-corrected chi connectivity index (χ4v) is 3.73. The number of hydrogen-bond acceptors (Lipinski definition) is 4. The fourth-order valence-electron chi connectivity index (χ4n) is 2.43. The zero-order valence-corrected chi connectivity index (χ0v) is 15.6. The molecule has 1 aliphatic rings. The van der Waals surface area contributed by atoms with E-state index in [0.29, 0.717) is 17.2 Å². The minimum atomic E-state index is -3.46. The Morgan fingerprint density at radius 3 is 2.15 bits per heavy atom. The van der Waals surface area contributed by atoms with Crippen molar-refractivity contribution in [1.29, 1.82) is 0 Å². The van der Waals surface area contributed by atoms with E-state index in [9.17, 15) is 13.2 Å². The Balaban J connectivity index is 1.58. The van der Waals surface area contributed by atoms with Gasteiger partial charge in [0.05, 0.1) is 10.6 Å². The van der Waals surface area contributed by atoms with Crippen LogP contribution in [0.5, 0.6) is 0 Å². The zero-order valence-electron chi connectivity index (χ0n) is 14.8. The van der Waals surface area contributed by atoms with Crippen molar-refractivity contribution in [3.05, 3.63) is 59.7 Å². The van der Waals surface area contributed by atoms with Gasteiger partial charge in [0, 0.05) is 11.6 Å². The predicted molar refractivity (Wildman–Crippen MR) is 101 cm³/mol. The Morgan fingerprint density at radius 2 is 1.62 bits per heavy atom. The van der Waals surface area contributed by atoms with Crippen molar-refractivity contribution in [1.82, 2.24) is 10.1 Å². The maximum absolute atomic E-state index is 12.2. The molecule has 1 fully saturated rings. The number of carbonyl (C=O) groups is 1. The van der Waals surface area contributed by atoms with Crippen molar-refractivity contribution < 1.29 is 13.2 Å². The van der Waals surface area contributed by atoms with Gasteiger partial charge in [-0.1, -0.05) is 26.0 Å². The van der Waals surface area contributed by atoms with Crippen LogP contribution in [-0.2, 0) is 10.0 Å². The van der Waals surface area contributed by atoms with Gasteiger partial charge in [-0.2, -0.15) is 0 Å². The highest BCUT2D eigenvalue weighted by molar-refractivity contribution is 7.89. The lowest BCUT2D eigenvalue weighted by molar-refractivity contribution is 0.0962. The summed E-state index contributed by atoms with van der Waals surface area (Å²) in [5, 5.41) is 0. The minimum absolute atomic E-state index is 0.0687. The number of amides is 1. The van der Waals surface area contributed by atoms with Crippen LogP contribution in [0.15, 0.2) is 53.4 Å². The van der Waals surface area contributed by atoms with E-state index < -0.39 is 10.0 Å². The summed E-state index contributed by atoms with van der Waals surface area (Å²) in [6.07, 6.45) is 1.78. The van der Waals surface area contributed by atoms with Crippen LogP contribution in [0.1, 0.15) is 48.5 Å². The van der Waals surface area contributed by atoms with Gasteiger partial charge in [-0.3, -0.25) is 15.6 Å². The molecule has 7 heteroatoms. The van der Waals surface area contributed by atoms with Gasteiger partial charge in [-0.25, -0.2) is 13.1 Å². The second-order valence-corrected chi connectivity index (χ2v) is 8.49. The molecule has 0 unspecified atom stereocenters. The molecule has 0 saturated heterocycles. The molecule has 1 aliphatic carbocycles. The lowest BCUT2D eigenvalue weighted by Gasteiger charge is -2.11. The third-order valence-electron chi connectivity index (χ3n) is 4.22. The summed E-state index contributed by atoms with van der Waals surface area (Å²) < 4.78 is 26.9. The Bertz CT molecular complexity index is 871. The maximum atomic E-state index is 12.2. The van der Waals surface area contributed by atoms with Gasteiger partial charge in [-0.15, -0.1) is 0 Å². The number of anilines is 1. The van der Waals surface area contributed by atoms with E-state index in [1.54, 1.807) is 24.3 Å². The van der Waals surface area contributed by atoms with Crippen LogP contribution >= 0.6 is 0 Å². The van der Waals surface area contributed by atoms with Crippen LogP contribution in [-0.4, -0.2) is 20.4 Å². The predicted octanol–water partition coefficient (Wildman–Crippen LogP) is 3.01. The van der Waals surface area contributed by atoms with E-state index >= 15 is 0 Å². The normalized spacial score (nSPS) is 14.3. The van der Waals surface area contributed by atoms with Crippen molar-refractivity contribution >= 4 is 21.6 Å².